The predicted molar refractivity (Wildman–Crippen MR) is 129 cm³/mol. The van der Waals surface area contributed by atoms with E-state index in [4.69, 9.17) is 9.47 Å². The quantitative estimate of drug-likeness (QED) is 0.543. The van der Waals surface area contributed by atoms with Crippen LogP contribution in [-0.4, -0.2) is 45.5 Å². The van der Waals surface area contributed by atoms with E-state index >= 15 is 0 Å². The molecule has 3 aromatic rings. The van der Waals surface area contributed by atoms with E-state index in [9.17, 15) is 13.2 Å². The van der Waals surface area contributed by atoms with E-state index in [1.807, 2.05) is 23.6 Å². The van der Waals surface area contributed by atoms with Crippen molar-refractivity contribution in [2.45, 2.75) is 12.5 Å². The van der Waals surface area contributed by atoms with Crippen LogP contribution in [0.15, 0.2) is 65.1 Å². The first-order chi connectivity index (χ1) is 15.8. The molecule has 1 aliphatic heterocycles. The van der Waals surface area contributed by atoms with E-state index in [-0.39, 0.29) is 5.91 Å². The van der Waals surface area contributed by atoms with Crippen molar-refractivity contribution in [2.24, 2.45) is 5.10 Å². The summed E-state index contributed by atoms with van der Waals surface area (Å²) in [4.78, 5) is 13.9. The Kier molecular flexibility index (Phi) is 6.39. The molecule has 1 atom stereocenters. The highest BCUT2D eigenvalue weighted by Gasteiger charge is 2.36. The van der Waals surface area contributed by atoms with Crippen molar-refractivity contribution >= 4 is 38.7 Å². The maximum Gasteiger partial charge on any atom is 0.284 e. The molecule has 2 aromatic carbocycles. The Labute approximate surface area is 196 Å². The molecule has 0 saturated heterocycles. The standard InChI is InChI=1S/C23H23N3O5S2/c1-30-17-10-11-21(31-2)18(13-17)20-14-19(24-26(20)23(27)22-5-4-12-32-22)15-6-8-16(9-7-15)25-33(3,28)29/h4-13,20,25H,14H2,1-3H3/t20-/m0/s1. The molecule has 0 saturated carbocycles. The Morgan fingerprint density at radius 2 is 1.88 bits per heavy atom. The fourth-order valence-electron chi connectivity index (χ4n) is 3.67. The van der Waals surface area contributed by atoms with Crippen LogP contribution in [0.25, 0.3) is 0 Å². The Morgan fingerprint density at radius 1 is 1.12 bits per heavy atom. The summed E-state index contributed by atoms with van der Waals surface area (Å²) in [7, 11) is -0.201. The minimum Gasteiger partial charge on any atom is -0.497 e. The number of carbonyl (C=O) groups excluding carboxylic acids is 1. The Morgan fingerprint density at radius 3 is 2.48 bits per heavy atom. The molecule has 33 heavy (non-hydrogen) atoms. The lowest BCUT2D eigenvalue weighted by molar-refractivity contribution is 0.0714. The van der Waals surface area contributed by atoms with Crippen LogP contribution >= 0.6 is 11.3 Å². The van der Waals surface area contributed by atoms with Gasteiger partial charge in [0.25, 0.3) is 5.91 Å². The Hall–Kier alpha value is -3.37. The minimum atomic E-state index is -3.37. The van der Waals surface area contributed by atoms with Gasteiger partial charge in [0.15, 0.2) is 0 Å². The zero-order valence-corrected chi connectivity index (χ0v) is 19.9. The highest BCUT2D eigenvalue weighted by atomic mass is 32.2. The first-order valence-electron chi connectivity index (χ1n) is 10.0. The third-order valence-corrected chi connectivity index (χ3v) is 6.63. The van der Waals surface area contributed by atoms with Gasteiger partial charge >= 0.3 is 0 Å². The second kappa shape index (κ2) is 9.24. The fourth-order valence-corrected chi connectivity index (χ4v) is 4.89. The first-order valence-corrected chi connectivity index (χ1v) is 12.8. The number of thiophene rings is 1. The van der Waals surface area contributed by atoms with Gasteiger partial charge in [-0.2, -0.15) is 5.10 Å². The number of hydrogen-bond acceptors (Lipinski definition) is 7. The molecule has 1 N–H and O–H groups in total. The molecule has 0 spiro atoms. The normalized spacial score (nSPS) is 15.8. The summed E-state index contributed by atoms with van der Waals surface area (Å²) in [5.74, 6) is 1.08. The lowest BCUT2D eigenvalue weighted by atomic mass is 9.97. The number of rotatable bonds is 7. The molecular weight excluding hydrogens is 462 g/mol. The second-order valence-electron chi connectivity index (χ2n) is 7.45. The lowest BCUT2D eigenvalue weighted by Crippen LogP contribution is -2.26. The molecule has 0 bridgehead atoms. The minimum absolute atomic E-state index is 0.203. The summed E-state index contributed by atoms with van der Waals surface area (Å²) in [6, 6.07) is 15.6. The highest BCUT2D eigenvalue weighted by molar-refractivity contribution is 7.92. The molecule has 0 fully saturated rings. The van der Waals surface area contributed by atoms with Crippen molar-refractivity contribution < 1.29 is 22.7 Å². The molecule has 1 aliphatic rings. The topological polar surface area (TPSA) is 97.3 Å². The molecule has 1 aromatic heterocycles. The summed E-state index contributed by atoms with van der Waals surface area (Å²) < 4.78 is 36.4. The van der Waals surface area contributed by atoms with E-state index in [1.54, 1.807) is 50.6 Å². The number of sulfonamides is 1. The summed E-state index contributed by atoms with van der Waals surface area (Å²) in [6.45, 7) is 0. The van der Waals surface area contributed by atoms with Crippen LogP contribution in [0.1, 0.15) is 33.3 Å². The van der Waals surface area contributed by atoms with Gasteiger partial charge in [-0.25, -0.2) is 13.4 Å². The van der Waals surface area contributed by atoms with Crippen molar-refractivity contribution in [3.8, 4) is 11.5 Å². The van der Waals surface area contributed by atoms with Gasteiger partial charge in [0.05, 0.1) is 37.1 Å². The van der Waals surface area contributed by atoms with E-state index in [0.29, 0.717) is 34.2 Å². The van der Waals surface area contributed by atoms with Gasteiger partial charge in [-0.15, -0.1) is 11.3 Å². The Balaban J connectivity index is 1.72. The average molecular weight is 486 g/mol. The van der Waals surface area contributed by atoms with Gasteiger partial charge in [0.2, 0.25) is 10.0 Å². The van der Waals surface area contributed by atoms with Gasteiger partial charge in [0.1, 0.15) is 11.5 Å². The lowest BCUT2D eigenvalue weighted by Gasteiger charge is -2.23. The first kappa shape index (κ1) is 22.8. The third kappa shape index (κ3) is 5.01. The number of carbonyl (C=O) groups is 1. The zero-order valence-electron chi connectivity index (χ0n) is 18.3. The zero-order chi connectivity index (χ0) is 23.6. The van der Waals surface area contributed by atoms with Crippen molar-refractivity contribution in [1.82, 2.24) is 5.01 Å². The molecule has 172 valence electrons. The highest BCUT2D eigenvalue weighted by Crippen LogP contribution is 2.40. The van der Waals surface area contributed by atoms with Crippen LogP contribution in [0.4, 0.5) is 5.69 Å². The number of hydrogen-bond donors (Lipinski definition) is 1. The smallest absolute Gasteiger partial charge is 0.284 e. The Bertz CT molecular complexity index is 1290. The predicted octanol–water partition coefficient (Wildman–Crippen LogP) is 4.13. The number of nitrogens with zero attached hydrogens (tertiary/aromatic N) is 2. The number of amides is 1. The molecule has 0 aliphatic carbocycles. The van der Waals surface area contributed by atoms with Crippen LogP contribution < -0.4 is 14.2 Å². The number of benzene rings is 2. The monoisotopic (exact) mass is 485 g/mol. The fraction of sp³-hybridized carbons (Fsp3) is 0.217. The molecule has 1 amide bonds. The van der Waals surface area contributed by atoms with E-state index < -0.39 is 16.1 Å². The van der Waals surface area contributed by atoms with Crippen molar-refractivity contribution in [1.29, 1.82) is 0 Å². The molecule has 2 heterocycles. The van der Waals surface area contributed by atoms with Crippen LogP contribution in [0.5, 0.6) is 11.5 Å². The second-order valence-corrected chi connectivity index (χ2v) is 10.1. The molecule has 0 unspecified atom stereocenters. The molecular formula is C23H23N3O5S2. The number of nitrogens with one attached hydrogen (secondary N) is 1. The van der Waals surface area contributed by atoms with Crippen LogP contribution in [0, 0.1) is 0 Å². The van der Waals surface area contributed by atoms with Crippen molar-refractivity contribution in [2.75, 3.05) is 25.2 Å². The molecule has 8 nitrogen and oxygen atoms in total. The maximum absolute atomic E-state index is 13.3. The molecule has 0 radical (unpaired) electrons. The third-order valence-electron chi connectivity index (χ3n) is 5.17. The van der Waals surface area contributed by atoms with Crippen LogP contribution in [0.2, 0.25) is 0 Å². The van der Waals surface area contributed by atoms with E-state index in [1.165, 1.54) is 16.3 Å². The van der Waals surface area contributed by atoms with Gasteiger partial charge < -0.3 is 9.47 Å². The summed E-state index contributed by atoms with van der Waals surface area (Å²) in [6.07, 6.45) is 1.56. The van der Waals surface area contributed by atoms with Crippen molar-refractivity contribution in [3.05, 3.63) is 76.0 Å². The summed E-state index contributed by atoms with van der Waals surface area (Å²) in [5, 5.41) is 8.02. The maximum atomic E-state index is 13.3. The summed E-state index contributed by atoms with van der Waals surface area (Å²) in [5.41, 5.74) is 2.75. The number of hydrazone groups is 1. The van der Waals surface area contributed by atoms with Crippen LogP contribution in [0.3, 0.4) is 0 Å². The summed E-state index contributed by atoms with van der Waals surface area (Å²) >= 11 is 1.36. The molecule has 10 heteroatoms. The van der Waals surface area contributed by atoms with Crippen molar-refractivity contribution in [3.63, 3.8) is 0 Å². The molecule has 4 rings (SSSR count). The van der Waals surface area contributed by atoms with E-state index in [0.717, 1.165) is 17.4 Å². The van der Waals surface area contributed by atoms with Gasteiger partial charge in [0, 0.05) is 17.7 Å². The van der Waals surface area contributed by atoms with Gasteiger partial charge in [-0.05, 0) is 47.3 Å². The van der Waals surface area contributed by atoms with Gasteiger partial charge in [-0.3, -0.25) is 9.52 Å². The van der Waals surface area contributed by atoms with E-state index in [2.05, 4.69) is 9.82 Å². The largest absolute Gasteiger partial charge is 0.497 e. The number of ether oxygens (including phenoxy) is 2. The van der Waals surface area contributed by atoms with Gasteiger partial charge in [-0.1, -0.05) is 18.2 Å². The SMILES string of the molecule is COc1ccc(OC)c([C@@H]2CC(c3ccc(NS(C)(=O)=O)cc3)=NN2C(=O)c2cccs2)c1. The average Bonchev–Trinajstić information content (AvgIpc) is 3.48. The number of methoxy groups -OCH3 is 2. The van der Waals surface area contributed by atoms with Crippen LogP contribution in [-0.2, 0) is 10.0 Å². The number of anilines is 1.